The number of benzene rings is 3. The minimum Gasteiger partial charge on any atom is -0.497 e. The molecule has 12 nitrogen and oxygen atoms in total. The van der Waals surface area contributed by atoms with Crippen LogP contribution < -0.4 is 15.4 Å². The summed E-state index contributed by atoms with van der Waals surface area (Å²) in [6.45, 7) is 5.45. The lowest BCUT2D eigenvalue weighted by molar-refractivity contribution is -0.142. The molecule has 4 aromatic rings. The topological polar surface area (TPSA) is 165 Å². The Labute approximate surface area is 275 Å². The van der Waals surface area contributed by atoms with Gasteiger partial charge in [0.2, 0.25) is 11.7 Å². The maximum absolute atomic E-state index is 15.3. The molecule has 0 fully saturated rings. The molecule has 2 amide bonds. The van der Waals surface area contributed by atoms with Gasteiger partial charge in [0, 0.05) is 23.9 Å². The first-order chi connectivity index (χ1) is 22.9. The number of methoxy groups -OCH3 is 1. The van der Waals surface area contributed by atoms with E-state index in [1.807, 2.05) is 12.1 Å². The van der Waals surface area contributed by atoms with Gasteiger partial charge in [-0.2, -0.15) is 4.98 Å². The van der Waals surface area contributed by atoms with E-state index >= 15 is 4.39 Å². The molecule has 5 rings (SSSR count). The van der Waals surface area contributed by atoms with Crippen LogP contribution in [0.2, 0.25) is 0 Å². The smallest absolute Gasteiger partial charge is 0.412 e. The van der Waals surface area contributed by atoms with Crippen molar-refractivity contribution in [3.05, 3.63) is 89.8 Å². The predicted octanol–water partition coefficient (Wildman–Crippen LogP) is 5.79. The Bertz CT molecular complexity index is 1860. The summed E-state index contributed by atoms with van der Waals surface area (Å²) >= 11 is 0. The molecule has 1 aliphatic heterocycles. The zero-order valence-electron chi connectivity index (χ0n) is 26.7. The summed E-state index contributed by atoms with van der Waals surface area (Å²) in [5.41, 5.74) is 2.34. The average Bonchev–Trinajstić information content (AvgIpc) is 3.54. The Kier molecular flexibility index (Phi) is 9.97. The number of amides is 2. The summed E-state index contributed by atoms with van der Waals surface area (Å²) < 4.78 is 31.0. The molecule has 13 heteroatoms. The first-order valence-electron chi connectivity index (χ1n) is 15.0. The molecular formula is C35H34FN5O7. The molecule has 3 aromatic carbocycles. The standard InChI is InChI=1S/C35H34FN5O7/c1-35(2,3)47-34(45)38-25-10-6-22(7-11-25)32-40-30(41-48-32)27-14-5-20(15-28(27)36)16-29(33(43)44)39-31(42)24-17-23(18-37-19-24)21-8-12-26(46-4)13-9-21/h5-15,17-18,24,29H,16,19H2,1-4H3,(H,38,45)(H,39,42)(H,43,44). The molecule has 0 radical (unpaired) electrons. The molecule has 2 heterocycles. The van der Waals surface area contributed by atoms with Crippen molar-refractivity contribution in [2.45, 2.75) is 38.8 Å². The van der Waals surface area contributed by atoms with E-state index in [2.05, 4.69) is 25.8 Å². The fourth-order valence-corrected chi connectivity index (χ4v) is 4.84. The van der Waals surface area contributed by atoms with E-state index in [-0.39, 0.29) is 30.2 Å². The lowest BCUT2D eigenvalue weighted by Crippen LogP contribution is -2.45. The molecule has 2 atom stereocenters. The van der Waals surface area contributed by atoms with Gasteiger partial charge in [0.25, 0.3) is 5.89 Å². The van der Waals surface area contributed by atoms with Crippen molar-refractivity contribution < 1.29 is 37.9 Å². The van der Waals surface area contributed by atoms with Crippen LogP contribution in [0.1, 0.15) is 31.9 Å². The van der Waals surface area contributed by atoms with Crippen molar-refractivity contribution >= 4 is 35.4 Å². The summed E-state index contributed by atoms with van der Waals surface area (Å²) in [4.78, 5) is 45.8. The van der Waals surface area contributed by atoms with Crippen molar-refractivity contribution in [2.24, 2.45) is 10.9 Å². The zero-order chi connectivity index (χ0) is 34.4. The van der Waals surface area contributed by atoms with Crippen LogP contribution in [-0.4, -0.2) is 64.7 Å². The molecular weight excluding hydrogens is 621 g/mol. The molecule has 48 heavy (non-hydrogen) atoms. The third-order valence-corrected chi connectivity index (χ3v) is 7.21. The maximum Gasteiger partial charge on any atom is 0.412 e. The predicted molar refractivity (Wildman–Crippen MR) is 176 cm³/mol. The van der Waals surface area contributed by atoms with Crippen molar-refractivity contribution in [1.29, 1.82) is 0 Å². The number of nitrogens with zero attached hydrogens (tertiary/aromatic N) is 3. The fourth-order valence-electron chi connectivity index (χ4n) is 4.84. The molecule has 3 N–H and O–H groups in total. The number of hydrogen-bond donors (Lipinski definition) is 3. The number of allylic oxidation sites excluding steroid dienone is 1. The van der Waals surface area contributed by atoms with Crippen LogP contribution in [0.15, 0.2) is 82.3 Å². The van der Waals surface area contributed by atoms with E-state index in [0.29, 0.717) is 22.6 Å². The fraction of sp³-hybridized carbons (Fsp3) is 0.257. The highest BCUT2D eigenvalue weighted by atomic mass is 19.1. The van der Waals surface area contributed by atoms with Gasteiger partial charge in [-0.15, -0.1) is 0 Å². The molecule has 1 aromatic heterocycles. The molecule has 248 valence electrons. The minimum atomic E-state index is -1.31. The van der Waals surface area contributed by atoms with Crippen LogP contribution >= 0.6 is 0 Å². The Balaban J connectivity index is 1.22. The van der Waals surface area contributed by atoms with Gasteiger partial charge in [-0.25, -0.2) is 14.0 Å². The van der Waals surface area contributed by atoms with Crippen LogP contribution in [0.5, 0.6) is 5.75 Å². The maximum atomic E-state index is 15.3. The molecule has 0 bridgehead atoms. The molecule has 2 unspecified atom stereocenters. The van der Waals surface area contributed by atoms with E-state index in [4.69, 9.17) is 14.0 Å². The van der Waals surface area contributed by atoms with Crippen LogP contribution in [0, 0.1) is 11.7 Å². The number of hydrogen-bond acceptors (Lipinski definition) is 9. The highest BCUT2D eigenvalue weighted by molar-refractivity contribution is 6.11. The van der Waals surface area contributed by atoms with Crippen LogP contribution in [0.25, 0.3) is 28.4 Å². The largest absolute Gasteiger partial charge is 0.497 e. The number of carbonyl (C=O) groups is 3. The van der Waals surface area contributed by atoms with E-state index < -0.39 is 41.3 Å². The van der Waals surface area contributed by atoms with Gasteiger partial charge in [-0.05, 0) is 86.0 Å². The minimum absolute atomic E-state index is 0.00889. The summed E-state index contributed by atoms with van der Waals surface area (Å²) in [5.74, 6) is -2.33. The number of dihydropyridines is 1. The molecule has 0 spiro atoms. The Hall–Kier alpha value is -5.85. The van der Waals surface area contributed by atoms with Crippen molar-refractivity contribution in [3.63, 3.8) is 0 Å². The van der Waals surface area contributed by atoms with Gasteiger partial charge in [-0.1, -0.05) is 29.4 Å². The van der Waals surface area contributed by atoms with E-state index in [1.165, 1.54) is 12.1 Å². The molecule has 0 saturated carbocycles. The molecule has 1 aliphatic rings. The number of ether oxygens (including phenoxy) is 2. The summed E-state index contributed by atoms with van der Waals surface area (Å²) in [7, 11) is 1.57. The first kappa shape index (κ1) is 33.5. The summed E-state index contributed by atoms with van der Waals surface area (Å²) in [6, 6.07) is 16.7. The number of halogens is 1. The summed E-state index contributed by atoms with van der Waals surface area (Å²) in [5, 5.41) is 18.9. The van der Waals surface area contributed by atoms with Gasteiger partial charge < -0.3 is 24.4 Å². The average molecular weight is 656 g/mol. The Morgan fingerprint density at radius 3 is 2.40 bits per heavy atom. The van der Waals surface area contributed by atoms with E-state index in [1.54, 1.807) is 82.6 Å². The van der Waals surface area contributed by atoms with E-state index in [0.717, 1.165) is 11.1 Å². The van der Waals surface area contributed by atoms with Gasteiger partial charge in [0.05, 0.1) is 25.1 Å². The Morgan fingerprint density at radius 1 is 1.04 bits per heavy atom. The number of carboxylic acid groups (broad SMARTS) is 1. The number of aromatic nitrogens is 2. The normalized spacial score (nSPS) is 14.9. The third-order valence-electron chi connectivity index (χ3n) is 7.21. The Morgan fingerprint density at radius 2 is 1.75 bits per heavy atom. The van der Waals surface area contributed by atoms with Crippen molar-refractivity contribution in [2.75, 3.05) is 19.0 Å². The quantitative estimate of drug-likeness (QED) is 0.192. The second-order valence-electron chi connectivity index (χ2n) is 12.0. The summed E-state index contributed by atoms with van der Waals surface area (Å²) in [6.07, 6.45) is 2.65. The lowest BCUT2D eigenvalue weighted by atomic mass is 9.96. The molecule has 0 saturated heterocycles. The number of carbonyl (C=O) groups excluding carboxylic acids is 2. The second-order valence-corrected chi connectivity index (χ2v) is 12.0. The van der Waals surface area contributed by atoms with Crippen molar-refractivity contribution in [3.8, 4) is 28.6 Å². The number of rotatable bonds is 10. The van der Waals surface area contributed by atoms with Crippen LogP contribution in [-0.2, 0) is 20.7 Å². The van der Waals surface area contributed by atoms with Gasteiger partial charge >= 0.3 is 12.1 Å². The number of aliphatic carboxylic acids is 1. The second kappa shape index (κ2) is 14.3. The zero-order valence-corrected chi connectivity index (χ0v) is 26.7. The van der Waals surface area contributed by atoms with Gasteiger partial charge in [-0.3, -0.25) is 15.1 Å². The number of carboxylic acids is 1. The highest BCUT2D eigenvalue weighted by Gasteiger charge is 2.27. The molecule has 0 aliphatic carbocycles. The van der Waals surface area contributed by atoms with E-state index in [9.17, 15) is 19.5 Å². The number of aliphatic imine (C=N–C) groups is 1. The lowest BCUT2D eigenvalue weighted by Gasteiger charge is -2.20. The van der Waals surface area contributed by atoms with Crippen LogP contribution in [0.3, 0.4) is 0 Å². The third kappa shape index (κ3) is 8.49. The number of anilines is 1. The SMILES string of the molecule is COc1ccc(C2=CC(C(=O)NC(Cc3ccc(-c4noc(-c5ccc(NC(=O)OC(C)(C)C)cc5)n4)c(F)c3)C(=O)O)CN=C2)cc1. The monoisotopic (exact) mass is 655 g/mol. The highest BCUT2D eigenvalue weighted by Crippen LogP contribution is 2.27. The van der Waals surface area contributed by atoms with Crippen molar-refractivity contribution in [1.82, 2.24) is 15.5 Å². The van der Waals surface area contributed by atoms with Gasteiger partial charge in [0.15, 0.2) is 0 Å². The number of nitrogens with one attached hydrogen (secondary N) is 2. The van der Waals surface area contributed by atoms with Gasteiger partial charge in [0.1, 0.15) is 23.2 Å². The first-order valence-corrected chi connectivity index (χ1v) is 15.0. The van der Waals surface area contributed by atoms with Crippen LogP contribution in [0.4, 0.5) is 14.9 Å².